The van der Waals surface area contributed by atoms with E-state index in [-0.39, 0.29) is 0 Å². The highest BCUT2D eigenvalue weighted by molar-refractivity contribution is 5.99. The van der Waals surface area contributed by atoms with Crippen LogP contribution in [0.2, 0.25) is 0 Å². The van der Waals surface area contributed by atoms with Gasteiger partial charge in [0.25, 0.3) is 5.91 Å². The van der Waals surface area contributed by atoms with Gasteiger partial charge in [0.1, 0.15) is 0 Å². The summed E-state index contributed by atoms with van der Waals surface area (Å²) in [6.07, 6.45) is 4.49. The van der Waals surface area contributed by atoms with Crippen LogP contribution in [0.5, 0.6) is 5.75 Å². The second kappa shape index (κ2) is 5.90. The summed E-state index contributed by atoms with van der Waals surface area (Å²) in [7, 11) is 0. The van der Waals surface area contributed by atoms with E-state index < -0.39 is 5.91 Å². The molecule has 1 aliphatic carbocycles. The van der Waals surface area contributed by atoms with Crippen molar-refractivity contribution in [3.63, 3.8) is 0 Å². The number of benzene rings is 1. The molecule has 2 rings (SSSR count). The number of nitrogens with two attached hydrogens (primary N) is 1. The zero-order chi connectivity index (χ0) is 13.8. The molecule has 1 aliphatic rings. The number of carbonyl (C=O) groups is 1. The van der Waals surface area contributed by atoms with Gasteiger partial charge in [-0.3, -0.25) is 4.79 Å². The lowest BCUT2D eigenvalue weighted by Crippen LogP contribution is -2.20. The average Bonchev–Trinajstić information content (AvgIpc) is 2.86. The van der Waals surface area contributed by atoms with Crippen molar-refractivity contribution in [2.75, 3.05) is 5.32 Å². The summed E-state index contributed by atoms with van der Waals surface area (Å²) in [6, 6.07) is 3.57. The lowest BCUT2D eigenvalue weighted by atomic mass is 10.1. The number of amides is 1. The third kappa shape index (κ3) is 3.15. The lowest BCUT2D eigenvalue weighted by Gasteiger charge is -2.17. The number of carbonyl (C=O) groups excluding carboxylic acids is 1. The van der Waals surface area contributed by atoms with E-state index in [1.165, 1.54) is 12.8 Å². The highest BCUT2D eigenvalue weighted by atomic mass is 17.5. The van der Waals surface area contributed by atoms with Crippen LogP contribution in [0.25, 0.3) is 0 Å². The van der Waals surface area contributed by atoms with Gasteiger partial charge in [-0.15, -0.1) is 0 Å². The van der Waals surface area contributed by atoms with Crippen molar-refractivity contribution in [3.8, 4) is 5.75 Å². The monoisotopic (exact) mass is 266 g/mol. The number of rotatable bonds is 5. The molecule has 0 unspecified atom stereocenters. The van der Waals surface area contributed by atoms with E-state index in [9.17, 15) is 4.79 Å². The van der Waals surface area contributed by atoms with Crippen LogP contribution in [0, 0.1) is 6.92 Å². The second-order valence-electron chi connectivity index (χ2n) is 4.81. The zero-order valence-corrected chi connectivity index (χ0v) is 10.8. The van der Waals surface area contributed by atoms with Gasteiger partial charge in [0, 0.05) is 12.1 Å². The average molecular weight is 266 g/mol. The Morgan fingerprint density at radius 1 is 1.42 bits per heavy atom. The van der Waals surface area contributed by atoms with Crippen molar-refractivity contribution < 1.29 is 20.0 Å². The Balaban J connectivity index is 2.30. The molecule has 0 spiro atoms. The minimum absolute atomic E-state index is 0.337. The van der Waals surface area contributed by atoms with Gasteiger partial charge < -0.3 is 15.9 Å². The molecule has 6 heteroatoms. The summed E-state index contributed by atoms with van der Waals surface area (Å²) in [6.45, 7) is 1.74. The maximum atomic E-state index is 11.5. The van der Waals surface area contributed by atoms with Crippen LogP contribution < -0.4 is 15.9 Å². The SMILES string of the molecule is Cc1cc(C(N)=O)c(NC2CCCC2)cc1OOO. The molecule has 0 saturated heterocycles. The summed E-state index contributed by atoms with van der Waals surface area (Å²) < 4.78 is 0. The second-order valence-corrected chi connectivity index (χ2v) is 4.81. The molecule has 0 bridgehead atoms. The minimum atomic E-state index is -0.500. The smallest absolute Gasteiger partial charge is 0.250 e. The molecule has 1 aromatic carbocycles. The highest BCUT2D eigenvalue weighted by Crippen LogP contribution is 2.30. The maximum Gasteiger partial charge on any atom is 0.250 e. The number of hydrogen-bond acceptors (Lipinski definition) is 5. The van der Waals surface area contributed by atoms with Crippen molar-refractivity contribution in [2.24, 2.45) is 5.73 Å². The van der Waals surface area contributed by atoms with Crippen LogP contribution in [0.1, 0.15) is 41.6 Å². The van der Waals surface area contributed by atoms with Gasteiger partial charge >= 0.3 is 0 Å². The Labute approximate surface area is 111 Å². The summed E-state index contributed by atoms with van der Waals surface area (Å²) in [4.78, 5) is 16.1. The van der Waals surface area contributed by atoms with E-state index in [0.29, 0.717) is 28.6 Å². The van der Waals surface area contributed by atoms with Crippen LogP contribution >= 0.6 is 0 Å². The van der Waals surface area contributed by atoms with E-state index in [2.05, 4.69) is 15.2 Å². The van der Waals surface area contributed by atoms with Gasteiger partial charge in [0.15, 0.2) is 5.75 Å². The lowest BCUT2D eigenvalue weighted by molar-refractivity contribution is -0.439. The highest BCUT2D eigenvalue weighted by Gasteiger charge is 2.19. The first kappa shape index (κ1) is 13.6. The van der Waals surface area contributed by atoms with E-state index in [0.717, 1.165) is 12.8 Å². The van der Waals surface area contributed by atoms with Gasteiger partial charge in [-0.1, -0.05) is 12.8 Å². The molecule has 4 N–H and O–H groups in total. The first-order valence-electron chi connectivity index (χ1n) is 6.31. The van der Waals surface area contributed by atoms with Crippen molar-refractivity contribution in [2.45, 2.75) is 38.6 Å². The summed E-state index contributed by atoms with van der Waals surface area (Å²) in [5.41, 5.74) is 7.05. The van der Waals surface area contributed by atoms with E-state index in [1.54, 1.807) is 19.1 Å². The molecule has 1 amide bonds. The largest absolute Gasteiger partial charge is 0.382 e. The third-order valence-electron chi connectivity index (χ3n) is 3.42. The van der Waals surface area contributed by atoms with Gasteiger partial charge in [0.2, 0.25) is 0 Å². The van der Waals surface area contributed by atoms with Gasteiger partial charge in [0.05, 0.1) is 11.3 Å². The quantitative estimate of drug-likeness (QED) is 0.561. The first-order chi connectivity index (χ1) is 9.11. The van der Waals surface area contributed by atoms with Gasteiger partial charge in [-0.05, 0) is 36.4 Å². The molecule has 0 heterocycles. The molecule has 19 heavy (non-hydrogen) atoms. The molecule has 1 aromatic rings. The zero-order valence-electron chi connectivity index (χ0n) is 10.8. The molecule has 1 saturated carbocycles. The third-order valence-corrected chi connectivity index (χ3v) is 3.42. The number of aryl methyl sites for hydroxylation is 1. The van der Waals surface area contributed by atoms with E-state index in [1.807, 2.05) is 0 Å². The molecule has 1 fully saturated rings. The number of anilines is 1. The normalized spacial score (nSPS) is 15.5. The van der Waals surface area contributed by atoms with Crippen molar-refractivity contribution in [1.82, 2.24) is 0 Å². The Morgan fingerprint density at radius 3 is 2.68 bits per heavy atom. The van der Waals surface area contributed by atoms with Crippen LogP contribution in [0.3, 0.4) is 0 Å². The summed E-state index contributed by atoms with van der Waals surface area (Å²) >= 11 is 0. The first-order valence-corrected chi connectivity index (χ1v) is 6.31. The predicted octanol–water partition coefficient (Wildman–Crippen LogP) is 2.23. The van der Waals surface area contributed by atoms with Crippen molar-refractivity contribution in [3.05, 3.63) is 23.3 Å². The van der Waals surface area contributed by atoms with Crippen LogP contribution in [-0.4, -0.2) is 17.2 Å². The molecular weight excluding hydrogens is 248 g/mol. The minimum Gasteiger partial charge on any atom is -0.382 e. The maximum absolute atomic E-state index is 11.5. The Kier molecular flexibility index (Phi) is 4.24. The van der Waals surface area contributed by atoms with E-state index in [4.69, 9.17) is 11.0 Å². The standard InChI is InChI=1S/C13H18N2O4/c1-8-6-10(13(14)16)11(7-12(8)18-19-17)15-9-4-2-3-5-9/h6-7,9,15,17H,2-5H2,1H3,(H2,14,16). The molecule has 0 aliphatic heterocycles. The Hall–Kier alpha value is -1.79. The Bertz CT molecular complexity index is 470. The van der Waals surface area contributed by atoms with Crippen LogP contribution in [0.4, 0.5) is 5.69 Å². The molecule has 0 radical (unpaired) electrons. The fourth-order valence-corrected chi connectivity index (χ4v) is 2.43. The fourth-order valence-electron chi connectivity index (χ4n) is 2.43. The Morgan fingerprint density at radius 2 is 2.11 bits per heavy atom. The summed E-state index contributed by atoms with van der Waals surface area (Å²) in [5, 5.41) is 15.4. The number of nitrogens with one attached hydrogen (secondary N) is 1. The fraction of sp³-hybridized carbons (Fsp3) is 0.462. The summed E-state index contributed by atoms with van der Waals surface area (Å²) in [5.74, 6) is -0.159. The molecule has 0 aromatic heterocycles. The van der Waals surface area contributed by atoms with Crippen LogP contribution in [0.15, 0.2) is 12.1 Å². The van der Waals surface area contributed by atoms with Crippen LogP contribution in [-0.2, 0) is 5.04 Å². The van der Waals surface area contributed by atoms with Gasteiger partial charge in [-0.25, -0.2) is 5.26 Å². The van der Waals surface area contributed by atoms with Crippen molar-refractivity contribution >= 4 is 11.6 Å². The van der Waals surface area contributed by atoms with Gasteiger partial charge in [-0.2, -0.15) is 0 Å². The predicted molar refractivity (Wildman–Crippen MR) is 69.9 cm³/mol. The molecular formula is C13H18N2O4. The number of primary amides is 1. The topological polar surface area (TPSA) is 93.8 Å². The van der Waals surface area contributed by atoms with Crippen molar-refractivity contribution in [1.29, 1.82) is 0 Å². The number of hydrogen-bond donors (Lipinski definition) is 3. The van der Waals surface area contributed by atoms with E-state index >= 15 is 0 Å². The molecule has 0 atom stereocenters. The molecule has 104 valence electrons. The molecule has 6 nitrogen and oxygen atoms in total.